The lowest BCUT2D eigenvalue weighted by molar-refractivity contribution is -0.144. The molecular weight excluding hydrogens is 246 g/mol. The van der Waals surface area contributed by atoms with E-state index in [9.17, 15) is 9.59 Å². The van der Waals surface area contributed by atoms with Gasteiger partial charge in [-0.3, -0.25) is 9.59 Å². The van der Waals surface area contributed by atoms with E-state index >= 15 is 0 Å². The summed E-state index contributed by atoms with van der Waals surface area (Å²) < 4.78 is 4.81. The smallest absolute Gasteiger partial charge is 0.322 e. The first-order valence-electron chi connectivity index (χ1n) is 7.00. The molecule has 0 radical (unpaired) electrons. The predicted octanol–water partition coefficient (Wildman–Crippen LogP) is 1.81. The van der Waals surface area contributed by atoms with Gasteiger partial charge in [0, 0.05) is 6.04 Å². The maximum Gasteiger partial charge on any atom is 0.322 e. The Bertz CT molecular complexity index is 317. The fourth-order valence-corrected chi connectivity index (χ4v) is 2.70. The van der Waals surface area contributed by atoms with E-state index in [-0.39, 0.29) is 24.0 Å². The monoisotopic (exact) mass is 271 g/mol. The lowest BCUT2D eigenvalue weighted by Gasteiger charge is -2.30. The highest BCUT2D eigenvalue weighted by atomic mass is 16.5. The quantitative estimate of drug-likeness (QED) is 0.721. The number of hydrogen-bond donors (Lipinski definition) is 2. The Morgan fingerprint density at radius 2 is 2.05 bits per heavy atom. The van der Waals surface area contributed by atoms with Crippen molar-refractivity contribution < 1.29 is 19.4 Å². The molecule has 0 aromatic carbocycles. The van der Waals surface area contributed by atoms with Gasteiger partial charge in [-0.15, -0.1) is 0 Å². The molecule has 3 unspecified atom stereocenters. The van der Waals surface area contributed by atoms with Crippen molar-refractivity contribution in [3.8, 4) is 0 Å². The molecule has 0 spiro atoms. The Kier molecular flexibility index (Phi) is 6.28. The van der Waals surface area contributed by atoms with E-state index in [0.717, 1.165) is 19.3 Å². The molecular formula is C14H25NO4. The molecule has 1 rings (SSSR count). The lowest BCUT2D eigenvalue weighted by Crippen LogP contribution is -2.47. The number of ether oxygens (including phenoxy) is 1. The molecule has 1 saturated carbocycles. The molecule has 0 saturated heterocycles. The van der Waals surface area contributed by atoms with Crippen molar-refractivity contribution in [3.63, 3.8) is 0 Å². The second kappa shape index (κ2) is 7.48. The third-order valence-electron chi connectivity index (χ3n) is 3.65. The summed E-state index contributed by atoms with van der Waals surface area (Å²) in [4.78, 5) is 22.8. The van der Waals surface area contributed by atoms with Crippen LogP contribution >= 0.6 is 0 Å². The van der Waals surface area contributed by atoms with E-state index in [1.54, 1.807) is 0 Å². The minimum atomic E-state index is -0.732. The van der Waals surface area contributed by atoms with Gasteiger partial charge in [0.1, 0.15) is 6.04 Å². The Balaban J connectivity index is 2.57. The van der Waals surface area contributed by atoms with Gasteiger partial charge in [0.25, 0.3) is 0 Å². The van der Waals surface area contributed by atoms with Crippen LogP contribution in [0.15, 0.2) is 0 Å². The minimum absolute atomic E-state index is 0.0951. The maximum atomic E-state index is 11.7. The highest BCUT2D eigenvalue weighted by molar-refractivity contribution is 5.75. The summed E-state index contributed by atoms with van der Waals surface area (Å²) in [5, 5.41) is 12.4. The van der Waals surface area contributed by atoms with Gasteiger partial charge < -0.3 is 15.2 Å². The largest absolute Gasteiger partial charge is 0.481 e. The molecule has 1 aliphatic rings. The molecule has 2 N–H and O–H groups in total. The molecule has 3 atom stereocenters. The Hall–Kier alpha value is -1.10. The summed E-state index contributed by atoms with van der Waals surface area (Å²) in [6.07, 6.45) is 3.86. The topological polar surface area (TPSA) is 75.6 Å². The minimum Gasteiger partial charge on any atom is -0.481 e. The third kappa shape index (κ3) is 5.19. The van der Waals surface area contributed by atoms with Crippen molar-refractivity contribution >= 4 is 11.9 Å². The zero-order valence-electron chi connectivity index (χ0n) is 12.0. The van der Waals surface area contributed by atoms with Crippen LogP contribution in [0, 0.1) is 11.8 Å². The number of carbonyl (C=O) groups is 2. The number of carboxylic acid groups (broad SMARTS) is 1. The third-order valence-corrected chi connectivity index (χ3v) is 3.65. The molecule has 0 bridgehead atoms. The van der Waals surface area contributed by atoms with Gasteiger partial charge >= 0.3 is 11.9 Å². The van der Waals surface area contributed by atoms with Crippen LogP contribution in [0.4, 0.5) is 0 Å². The number of carboxylic acids is 1. The van der Waals surface area contributed by atoms with Crippen molar-refractivity contribution in [1.82, 2.24) is 5.32 Å². The average molecular weight is 271 g/mol. The van der Waals surface area contributed by atoms with E-state index in [1.807, 2.05) is 0 Å². The van der Waals surface area contributed by atoms with E-state index in [2.05, 4.69) is 19.2 Å². The molecule has 0 aromatic rings. The van der Waals surface area contributed by atoms with Crippen LogP contribution in [0.2, 0.25) is 0 Å². The summed E-state index contributed by atoms with van der Waals surface area (Å²) in [6.45, 7) is 4.11. The Morgan fingerprint density at radius 1 is 1.37 bits per heavy atom. The second-order valence-corrected chi connectivity index (χ2v) is 5.77. The van der Waals surface area contributed by atoms with E-state index in [0.29, 0.717) is 18.8 Å². The highest BCUT2D eigenvalue weighted by Crippen LogP contribution is 2.25. The fourth-order valence-electron chi connectivity index (χ4n) is 2.70. The molecule has 0 amide bonds. The van der Waals surface area contributed by atoms with E-state index < -0.39 is 5.97 Å². The second-order valence-electron chi connectivity index (χ2n) is 5.77. The number of carbonyl (C=O) groups excluding carboxylic acids is 1. The van der Waals surface area contributed by atoms with Crippen LogP contribution in [0.1, 0.15) is 46.0 Å². The molecule has 5 nitrogen and oxygen atoms in total. The van der Waals surface area contributed by atoms with E-state index in [1.165, 1.54) is 7.11 Å². The van der Waals surface area contributed by atoms with Crippen molar-refractivity contribution in [2.24, 2.45) is 11.8 Å². The maximum absolute atomic E-state index is 11.7. The van der Waals surface area contributed by atoms with Crippen molar-refractivity contribution in [3.05, 3.63) is 0 Å². The molecule has 0 heterocycles. The van der Waals surface area contributed by atoms with Crippen molar-refractivity contribution in [1.29, 1.82) is 0 Å². The molecule has 110 valence electrons. The average Bonchev–Trinajstić information content (AvgIpc) is 2.36. The van der Waals surface area contributed by atoms with Gasteiger partial charge in [0.05, 0.1) is 13.0 Å². The zero-order chi connectivity index (χ0) is 14.4. The first kappa shape index (κ1) is 16.0. The molecule has 1 aliphatic carbocycles. The number of nitrogens with one attached hydrogen (secondary N) is 1. The fraction of sp³-hybridized carbons (Fsp3) is 0.857. The van der Waals surface area contributed by atoms with Crippen LogP contribution < -0.4 is 5.32 Å². The van der Waals surface area contributed by atoms with Crippen LogP contribution in [0.5, 0.6) is 0 Å². The number of methoxy groups -OCH3 is 1. The normalized spacial score (nSPS) is 25.1. The van der Waals surface area contributed by atoms with Gasteiger partial charge in [-0.1, -0.05) is 20.3 Å². The van der Waals surface area contributed by atoms with Gasteiger partial charge in [0.2, 0.25) is 0 Å². The molecule has 0 aliphatic heterocycles. The van der Waals surface area contributed by atoms with Gasteiger partial charge in [-0.2, -0.15) is 0 Å². The summed E-state index contributed by atoms with van der Waals surface area (Å²) >= 11 is 0. The summed E-state index contributed by atoms with van der Waals surface area (Å²) in [5.74, 6) is -0.893. The van der Waals surface area contributed by atoms with Crippen LogP contribution in [0.3, 0.4) is 0 Å². The van der Waals surface area contributed by atoms with Crippen molar-refractivity contribution in [2.75, 3.05) is 7.11 Å². The Morgan fingerprint density at radius 3 is 2.58 bits per heavy atom. The first-order chi connectivity index (χ1) is 8.93. The Labute approximate surface area is 114 Å². The number of aliphatic carboxylic acids is 1. The van der Waals surface area contributed by atoms with Crippen molar-refractivity contribution in [2.45, 2.75) is 58.0 Å². The molecule has 0 aromatic heterocycles. The van der Waals surface area contributed by atoms with Crippen LogP contribution in [0.25, 0.3) is 0 Å². The standard InChI is InChI=1S/C14H25NO4/c1-9(2)7-12(14(18)19-3)15-11-6-4-5-10(8-11)13(16)17/h9-12,15H,4-8H2,1-3H3,(H,16,17). The van der Waals surface area contributed by atoms with E-state index in [4.69, 9.17) is 9.84 Å². The zero-order valence-corrected chi connectivity index (χ0v) is 12.0. The highest BCUT2D eigenvalue weighted by Gasteiger charge is 2.30. The summed E-state index contributed by atoms with van der Waals surface area (Å²) in [7, 11) is 1.39. The summed E-state index contributed by atoms with van der Waals surface area (Å²) in [6, 6.07) is -0.236. The van der Waals surface area contributed by atoms with Crippen LogP contribution in [-0.4, -0.2) is 36.2 Å². The molecule has 1 fully saturated rings. The predicted molar refractivity (Wildman–Crippen MR) is 71.8 cm³/mol. The SMILES string of the molecule is COC(=O)C(CC(C)C)NC1CCCC(C(=O)O)C1. The first-order valence-corrected chi connectivity index (χ1v) is 7.00. The van der Waals surface area contributed by atoms with Crippen LogP contribution in [-0.2, 0) is 14.3 Å². The summed E-state index contributed by atoms with van der Waals surface area (Å²) in [5.41, 5.74) is 0. The number of hydrogen-bond acceptors (Lipinski definition) is 4. The van der Waals surface area contributed by atoms with Gasteiger partial charge in [0.15, 0.2) is 0 Å². The van der Waals surface area contributed by atoms with Gasteiger partial charge in [-0.05, 0) is 31.6 Å². The number of esters is 1. The molecule has 5 heteroatoms. The number of rotatable bonds is 6. The molecule has 19 heavy (non-hydrogen) atoms. The van der Waals surface area contributed by atoms with Gasteiger partial charge in [-0.25, -0.2) is 0 Å². The lowest BCUT2D eigenvalue weighted by atomic mass is 9.85.